The predicted octanol–water partition coefficient (Wildman–Crippen LogP) is 3.53. The second-order valence-corrected chi connectivity index (χ2v) is 3.95. The summed E-state index contributed by atoms with van der Waals surface area (Å²) in [6.07, 6.45) is 10.5. The van der Waals surface area contributed by atoms with Crippen LogP contribution in [0.4, 0.5) is 0 Å². The molecule has 2 heteroatoms. The van der Waals surface area contributed by atoms with Crippen molar-refractivity contribution in [2.75, 3.05) is 6.61 Å². The molecule has 0 aromatic heterocycles. The van der Waals surface area contributed by atoms with E-state index >= 15 is 0 Å². The molecule has 0 bridgehead atoms. The molecular weight excluding hydrogens is 174 g/mol. The smallest absolute Gasteiger partial charge is 0.0483 e. The summed E-state index contributed by atoms with van der Waals surface area (Å²) >= 11 is 0. The molecule has 0 fully saturated rings. The van der Waals surface area contributed by atoms with Crippen LogP contribution >= 0.6 is 0 Å². The van der Waals surface area contributed by atoms with Gasteiger partial charge in [-0.2, -0.15) is 0 Å². The lowest BCUT2D eigenvalue weighted by Gasteiger charge is -2.02. The highest BCUT2D eigenvalue weighted by molar-refractivity contribution is 5.81. The monoisotopic (exact) mass is 199 g/mol. The minimum Gasteiger partial charge on any atom is -0.396 e. The maximum Gasteiger partial charge on any atom is 0.0483 e. The summed E-state index contributed by atoms with van der Waals surface area (Å²) in [5.74, 6) is 0. The maximum absolute atomic E-state index is 8.60. The van der Waals surface area contributed by atoms with Gasteiger partial charge in [-0.25, -0.2) is 0 Å². The van der Waals surface area contributed by atoms with Crippen LogP contribution in [0, 0.1) is 5.41 Å². The van der Waals surface area contributed by atoms with Gasteiger partial charge in [0, 0.05) is 18.7 Å². The van der Waals surface area contributed by atoms with Gasteiger partial charge in [0.25, 0.3) is 0 Å². The van der Waals surface area contributed by atoms with Gasteiger partial charge in [-0.1, -0.05) is 45.4 Å². The fraction of sp³-hybridized carbons (Fsp3) is 0.917. The predicted molar refractivity (Wildman–Crippen MR) is 62.0 cm³/mol. The van der Waals surface area contributed by atoms with Crippen molar-refractivity contribution in [2.24, 2.45) is 0 Å². The van der Waals surface area contributed by atoms with Gasteiger partial charge in [-0.3, -0.25) is 0 Å². The Morgan fingerprint density at radius 3 is 2.07 bits per heavy atom. The molecular formula is C12H25NO. The summed E-state index contributed by atoms with van der Waals surface area (Å²) in [6, 6.07) is 0. The highest BCUT2D eigenvalue weighted by atomic mass is 16.3. The highest BCUT2D eigenvalue weighted by Crippen LogP contribution is 2.09. The molecule has 0 saturated carbocycles. The van der Waals surface area contributed by atoms with Crippen molar-refractivity contribution in [1.82, 2.24) is 0 Å². The highest BCUT2D eigenvalue weighted by Gasteiger charge is 1.96. The van der Waals surface area contributed by atoms with Gasteiger partial charge in [0.05, 0.1) is 0 Å². The molecule has 0 aromatic rings. The Morgan fingerprint density at radius 2 is 1.50 bits per heavy atom. The first-order chi connectivity index (χ1) is 6.81. The third-order valence-electron chi connectivity index (χ3n) is 2.50. The van der Waals surface area contributed by atoms with Crippen LogP contribution in [-0.4, -0.2) is 17.4 Å². The molecule has 0 amide bonds. The minimum absolute atomic E-state index is 0.134. The lowest BCUT2D eigenvalue weighted by atomic mass is 10.1. The van der Waals surface area contributed by atoms with E-state index < -0.39 is 0 Å². The molecule has 0 aromatic carbocycles. The molecule has 2 nitrogen and oxygen atoms in total. The molecule has 0 atom stereocenters. The van der Waals surface area contributed by atoms with Gasteiger partial charge in [0.1, 0.15) is 0 Å². The van der Waals surface area contributed by atoms with Gasteiger partial charge in [0.2, 0.25) is 0 Å². The summed E-state index contributed by atoms with van der Waals surface area (Å²) in [5, 5.41) is 16.1. The summed E-state index contributed by atoms with van der Waals surface area (Å²) in [6.45, 7) is 2.37. The first kappa shape index (κ1) is 13.6. The second-order valence-electron chi connectivity index (χ2n) is 3.95. The summed E-state index contributed by atoms with van der Waals surface area (Å²) in [7, 11) is 0. The molecule has 0 saturated heterocycles. The number of aliphatic hydroxyl groups excluding tert-OH is 1. The molecule has 14 heavy (non-hydrogen) atoms. The van der Waals surface area contributed by atoms with E-state index in [1.807, 2.05) is 0 Å². The van der Waals surface area contributed by atoms with E-state index in [0.717, 1.165) is 12.8 Å². The minimum atomic E-state index is 0.134. The third kappa shape index (κ3) is 9.72. The molecule has 0 radical (unpaired) electrons. The standard InChI is InChI=1S/C12H25NO/c1-2-3-4-5-6-7-8-9-12(13)10-11-14/h13-14H,2-11H2,1H3. The van der Waals surface area contributed by atoms with Crippen molar-refractivity contribution < 1.29 is 5.11 Å². The van der Waals surface area contributed by atoms with Gasteiger partial charge >= 0.3 is 0 Å². The van der Waals surface area contributed by atoms with Gasteiger partial charge in [0.15, 0.2) is 0 Å². The Bertz CT molecular complexity index is 134. The van der Waals surface area contributed by atoms with E-state index in [4.69, 9.17) is 10.5 Å². The summed E-state index contributed by atoms with van der Waals surface area (Å²) in [4.78, 5) is 0. The number of nitrogens with one attached hydrogen (secondary N) is 1. The largest absolute Gasteiger partial charge is 0.396 e. The van der Waals surface area contributed by atoms with Crippen LogP contribution in [-0.2, 0) is 0 Å². The topological polar surface area (TPSA) is 44.1 Å². The number of hydrogen-bond donors (Lipinski definition) is 2. The number of hydrogen-bond acceptors (Lipinski definition) is 2. The van der Waals surface area contributed by atoms with Crippen LogP contribution in [0.1, 0.15) is 64.7 Å². The van der Waals surface area contributed by atoms with Crippen LogP contribution in [0.25, 0.3) is 0 Å². The molecule has 84 valence electrons. The normalized spacial score (nSPS) is 10.4. The van der Waals surface area contributed by atoms with Crippen LogP contribution in [0.2, 0.25) is 0 Å². The van der Waals surface area contributed by atoms with Crippen molar-refractivity contribution in [2.45, 2.75) is 64.7 Å². The number of aliphatic hydroxyl groups is 1. The van der Waals surface area contributed by atoms with E-state index in [0.29, 0.717) is 12.1 Å². The SMILES string of the molecule is CCCCCCCCCC(=N)CCO. The number of rotatable bonds is 10. The Kier molecular flexibility index (Phi) is 10.4. The average Bonchev–Trinajstić information content (AvgIpc) is 2.17. The zero-order valence-corrected chi connectivity index (χ0v) is 9.52. The second kappa shape index (κ2) is 10.7. The lowest BCUT2D eigenvalue weighted by Crippen LogP contribution is -1.99. The van der Waals surface area contributed by atoms with Gasteiger partial charge < -0.3 is 10.5 Å². The van der Waals surface area contributed by atoms with E-state index in [1.165, 1.54) is 38.5 Å². The Balaban J connectivity index is 3.01. The van der Waals surface area contributed by atoms with Crippen molar-refractivity contribution in [1.29, 1.82) is 5.41 Å². The maximum atomic E-state index is 8.60. The Hall–Kier alpha value is -0.370. The third-order valence-corrected chi connectivity index (χ3v) is 2.50. The van der Waals surface area contributed by atoms with Crippen LogP contribution in [0.15, 0.2) is 0 Å². The van der Waals surface area contributed by atoms with Crippen LogP contribution in [0.5, 0.6) is 0 Å². The van der Waals surface area contributed by atoms with E-state index in [-0.39, 0.29) is 6.61 Å². The van der Waals surface area contributed by atoms with Crippen molar-refractivity contribution >= 4 is 5.71 Å². The Morgan fingerprint density at radius 1 is 0.929 bits per heavy atom. The van der Waals surface area contributed by atoms with Crippen molar-refractivity contribution in [3.05, 3.63) is 0 Å². The molecule has 2 N–H and O–H groups in total. The molecule has 0 spiro atoms. The van der Waals surface area contributed by atoms with Gasteiger partial charge in [-0.15, -0.1) is 0 Å². The molecule has 0 rings (SSSR count). The first-order valence-corrected chi connectivity index (χ1v) is 5.98. The molecule has 0 heterocycles. The molecule has 0 aliphatic heterocycles. The zero-order valence-electron chi connectivity index (χ0n) is 9.52. The fourth-order valence-electron chi connectivity index (χ4n) is 1.56. The summed E-state index contributed by atoms with van der Waals surface area (Å²) < 4.78 is 0. The zero-order chi connectivity index (χ0) is 10.6. The first-order valence-electron chi connectivity index (χ1n) is 5.98. The Labute approximate surface area is 88.2 Å². The number of unbranched alkanes of at least 4 members (excludes halogenated alkanes) is 6. The van der Waals surface area contributed by atoms with E-state index in [1.54, 1.807) is 0 Å². The molecule has 0 unspecified atom stereocenters. The van der Waals surface area contributed by atoms with Gasteiger partial charge in [-0.05, 0) is 12.8 Å². The van der Waals surface area contributed by atoms with E-state index in [2.05, 4.69) is 6.92 Å². The van der Waals surface area contributed by atoms with Crippen molar-refractivity contribution in [3.63, 3.8) is 0 Å². The van der Waals surface area contributed by atoms with Crippen LogP contribution in [0.3, 0.4) is 0 Å². The lowest BCUT2D eigenvalue weighted by molar-refractivity contribution is 0.306. The average molecular weight is 199 g/mol. The molecule has 0 aliphatic carbocycles. The van der Waals surface area contributed by atoms with Crippen molar-refractivity contribution in [3.8, 4) is 0 Å². The quantitative estimate of drug-likeness (QED) is 0.410. The van der Waals surface area contributed by atoms with Crippen LogP contribution < -0.4 is 0 Å². The summed E-state index contributed by atoms with van der Waals surface area (Å²) in [5.41, 5.74) is 0.709. The van der Waals surface area contributed by atoms with E-state index in [9.17, 15) is 0 Å². The fourth-order valence-corrected chi connectivity index (χ4v) is 1.56. The molecule has 0 aliphatic rings.